The van der Waals surface area contributed by atoms with Gasteiger partial charge in [-0.05, 0) is 26.2 Å². The SMILES string of the molecule is C=CC(C)NC1C=CCCC1. The van der Waals surface area contributed by atoms with Crippen LogP contribution in [0.2, 0.25) is 0 Å². The molecule has 0 amide bonds. The van der Waals surface area contributed by atoms with Gasteiger partial charge in [-0.2, -0.15) is 0 Å². The van der Waals surface area contributed by atoms with Crippen LogP contribution in [0, 0.1) is 0 Å². The van der Waals surface area contributed by atoms with E-state index in [1.54, 1.807) is 0 Å². The van der Waals surface area contributed by atoms with Crippen molar-refractivity contribution in [1.82, 2.24) is 5.32 Å². The lowest BCUT2D eigenvalue weighted by Crippen LogP contribution is -2.34. The molecule has 62 valence electrons. The fourth-order valence-corrected chi connectivity index (χ4v) is 1.36. The molecule has 0 fully saturated rings. The number of nitrogens with one attached hydrogen (secondary N) is 1. The first-order valence-corrected chi connectivity index (χ1v) is 4.38. The highest BCUT2D eigenvalue weighted by atomic mass is 14.9. The normalized spacial score (nSPS) is 26.5. The third kappa shape index (κ3) is 2.89. The second-order valence-electron chi connectivity index (χ2n) is 3.16. The first kappa shape index (κ1) is 8.54. The van der Waals surface area contributed by atoms with Gasteiger partial charge in [-0.3, -0.25) is 0 Å². The molecular formula is C10H17N. The summed E-state index contributed by atoms with van der Waals surface area (Å²) in [5.74, 6) is 0. The van der Waals surface area contributed by atoms with Crippen LogP contribution in [-0.2, 0) is 0 Å². The lowest BCUT2D eigenvalue weighted by Gasteiger charge is -2.20. The van der Waals surface area contributed by atoms with Gasteiger partial charge in [0.25, 0.3) is 0 Å². The quantitative estimate of drug-likeness (QED) is 0.610. The van der Waals surface area contributed by atoms with Crippen LogP contribution < -0.4 is 5.32 Å². The van der Waals surface area contributed by atoms with E-state index in [9.17, 15) is 0 Å². The molecule has 2 atom stereocenters. The monoisotopic (exact) mass is 151 g/mol. The Morgan fingerprint density at radius 1 is 1.73 bits per heavy atom. The molecule has 0 heterocycles. The second kappa shape index (κ2) is 4.35. The Labute approximate surface area is 69.2 Å². The van der Waals surface area contributed by atoms with Crippen molar-refractivity contribution < 1.29 is 0 Å². The molecule has 0 aliphatic heterocycles. The van der Waals surface area contributed by atoms with Gasteiger partial charge < -0.3 is 5.32 Å². The molecule has 0 saturated heterocycles. The topological polar surface area (TPSA) is 12.0 Å². The van der Waals surface area contributed by atoms with Crippen LogP contribution in [0.15, 0.2) is 24.8 Å². The fourth-order valence-electron chi connectivity index (χ4n) is 1.36. The third-order valence-electron chi connectivity index (χ3n) is 2.08. The Morgan fingerprint density at radius 2 is 2.55 bits per heavy atom. The van der Waals surface area contributed by atoms with Crippen molar-refractivity contribution in [3.63, 3.8) is 0 Å². The molecule has 0 aromatic heterocycles. The number of rotatable bonds is 3. The standard InChI is InChI=1S/C10H17N/c1-3-9(2)11-10-7-5-4-6-8-10/h3,5,7,9-11H,1,4,6,8H2,2H3. The largest absolute Gasteiger partial charge is 0.305 e. The van der Waals surface area contributed by atoms with Gasteiger partial charge in [0, 0.05) is 12.1 Å². The van der Waals surface area contributed by atoms with E-state index < -0.39 is 0 Å². The highest BCUT2D eigenvalue weighted by Crippen LogP contribution is 2.10. The molecule has 0 aromatic carbocycles. The minimum Gasteiger partial charge on any atom is -0.305 e. The highest BCUT2D eigenvalue weighted by molar-refractivity contribution is 4.99. The van der Waals surface area contributed by atoms with E-state index in [0.717, 1.165) is 0 Å². The molecule has 1 rings (SSSR count). The molecule has 0 spiro atoms. The fraction of sp³-hybridized carbons (Fsp3) is 0.600. The number of allylic oxidation sites excluding steroid dienone is 1. The Bertz CT molecular complexity index is 149. The van der Waals surface area contributed by atoms with Crippen molar-refractivity contribution in [2.24, 2.45) is 0 Å². The molecule has 1 nitrogen and oxygen atoms in total. The lowest BCUT2D eigenvalue weighted by molar-refractivity contribution is 0.498. The van der Waals surface area contributed by atoms with Crippen molar-refractivity contribution >= 4 is 0 Å². The van der Waals surface area contributed by atoms with Gasteiger partial charge in [0.2, 0.25) is 0 Å². The Kier molecular flexibility index (Phi) is 3.37. The van der Waals surface area contributed by atoms with Gasteiger partial charge >= 0.3 is 0 Å². The van der Waals surface area contributed by atoms with Crippen LogP contribution in [0.4, 0.5) is 0 Å². The summed E-state index contributed by atoms with van der Waals surface area (Å²) in [5, 5.41) is 3.46. The van der Waals surface area contributed by atoms with Crippen molar-refractivity contribution in [3.8, 4) is 0 Å². The van der Waals surface area contributed by atoms with Gasteiger partial charge in [0.1, 0.15) is 0 Å². The molecule has 0 saturated carbocycles. The zero-order chi connectivity index (χ0) is 8.10. The maximum absolute atomic E-state index is 3.74. The van der Waals surface area contributed by atoms with E-state index in [-0.39, 0.29) is 0 Å². The van der Waals surface area contributed by atoms with Gasteiger partial charge in [0.05, 0.1) is 0 Å². The smallest absolute Gasteiger partial charge is 0.0255 e. The average molecular weight is 151 g/mol. The van der Waals surface area contributed by atoms with Crippen LogP contribution in [0.3, 0.4) is 0 Å². The summed E-state index contributed by atoms with van der Waals surface area (Å²) < 4.78 is 0. The van der Waals surface area contributed by atoms with Crippen LogP contribution >= 0.6 is 0 Å². The maximum Gasteiger partial charge on any atom is 0.0255 e. The second-order valence-corrected chi connectivity index (χ2v) is 3.16. The lowest BCUT2D eigenvalue weighted by atomic mass is 10.0. The summed E-state index contributed by atoms with van der Waals surface area (Å²) >= 11 is 0. The van der Waals surface area contributed by atoms with Crippen molar-refractivity contribution in [2.45, 2.75) is 38.3 Å². The summed E-state index contributed by atoms with van der Waals surface area (Å²) in [6.45, 7) is 5.87. The molecule has 2 unspecified atom stereocenters. The van der Waals surface area contributed by atoms with Gasteiger partial charge in [-0.15, -0.1) is 6.58 Å². The third-order valence-corrected chi connectivity index (χ3v) is 2.08. The van der Waals surface area contributed by atoms with Gasteiger partial charge in [0.15, 0.2) is 0 Å². The Balaban J connectivity index is 2.29. The summed E-state index contributed by atoms with van der Waals surface area (Å²) in [6, 6.07) is 1.01. The molecule has 1 aliphatic rings. The van der Waals surface area contributed by atoms with Crippen LogP contribution in [0.1, 0.15) is 26.2 Å². The summed E-state index contributed by atoms with van der Waals surface area (Å²) in [7, 11) is 0. The summed E-state index contributed by atoms with van der Waals surface area (Å²) in [6.07, 6.45) is 10.3. The highest BCUT2D eigenvalue weighted by Gasteiger charge is 2.08. The predicted octanol–water partition coefficient (Wildman–Crippen LogP) is 2.26. The zero-order valence-corrected chi connectivity index (χ0v) is 7.22. The van der Waals surface area contributed by atoms with Gasteiger partial charge in [-0.25, -0.2) is 0 Å². The molecule has 11 heavy (non-hydrogen) atoms. The summed E-state index contributed by atoms with van der Waals surface area (Å²) in [4.78, 5) is 0. The molecule has 0 bridgehead atoms. The number of hydrogen-bond donors (Lipinski definition) is 1. The van der Waals surface area contributed by atoms with E-state index >= 15 is 0 Å². The average Bonchev–Trinajstić information content (AvgIpc) is 2.06. The minimum atomic E-state index is 0.433. The molecule has 1 aliphatic carbocycles. The molecule has 1 heteroatoms. The van der Waals surface area contributed by atoms with Crippen LogP contribution in [0.25, 0.3) is 0 Å². The van der Waals surface area contributed by atoms with Crippen LogP contribution in [0.5, 0.6) is 0 Å². The van der Waals surface area contributed by atoms with E-state index in [0.29, 0.717) is 12.1 Å². The van der Waals surface area contributed by atoms with E-state index in [1.807, 2.05) is 6.08 Å². The Hall–Kier alpha value is -0.560. The first-order chi connectivity index (χ1) is 5.33. The zero-order valence-electron chi connectivity index (χ0n) is 7.22. The van der Waals surface area contributed by atoms with E-state index in [4.69, 9.17) is 0 Å². The number of hydrogen-bond acceptors (Lipinski definition) is 1. The van der Waals surface area contributed by atoms with E-state index in [1.165, 1.54) is 19.3 Å². The molecule has 0 aromatic rings. The van der Waals surface area contributed by atoms with Crippen LogP contribution in [-0.4, -0.2) is 12.1 Å². The van der Waals surface area contributed by atoms with Crippen molar-refractivity contribution in [1.29, 1.82) is 0 Å². The molecule has 0 radical (unpaired) electrons. The molecular weight excluding hydrogens is 134 g/mol. The van der Waals surface area contributed by atoms with Crippen molar-refractivity contribution in [2.75, 3.05) is 0 Å². The van der Waals surface area contributed by atoms with E-state index in [2.05, 4.69) is 31.0 Å². The van der Waals surface area contributed by atoms with Gasteiger partial charge in [-0.1, -0.05) is 18.2 Å². The first-order valence-electron chi connectivity index (χ1n) is 4.38. The van der Waals surface area contributed by atoms with Crippen molar-refractivity contribution in [3.05, 3.63) is 24.8 Å². The predicted molar refractivity (Wildman–Crippen MR) is 49.6 cm³/mol. The maximum atomic E-state index is 3.74. The Morgan fingerprint density at radius 3 is 3.09 bits per heavy atom. The minimum absolute atomic E-state index is 0.433. The molecule has 1 N–H and O–H groups in total. The summed E-state index contributed by atoms with van der Waals surface area (Å²) in [5.41, 5.74) is 0.